The molecule has 30 heavy (non-hydrogen) atoms. The van der Waals surface area contributed by atoms with E-state index in [2.05, 4.69) is 40.1 Å². The number of halogens is 1. The predicted molar refractivity (Wildman–Crippen MR) is 124 cm³/mol. The Labute approximate surface area is 186 Å². The maximum atomic E-state index is 6.60. The number of ether oxygens (including phenoxy) is 1. The molecule has 3 aliphatic heterocycles. The molecule has 0 radical (unpaired) electrons. The number of benzene rings is 2. The lowest BCUT2D eigenvalue weighted by Crippen LogP contribution is -2.34. The Hall–Kier alpha value is -1.55. The molecule has 0 amide bonds. The second-order valence-corrected chi connectivity index (χ2v) is 9.53. The fraction of sp³-hybridized carbons (Fsp3) is 0.538. The van der Waals surface area contributed by atoms with Gasteiger partial charge in [-0.05, 0) is 86.6 Å². The fourth-order valence-corrected chi connectivity index (χ4v) is 5.93. The van der Waals surface area contributed by atoms with Crippen LogP contribution in [-0.4, -0.2) is 49.1 Å². The Bertz CT molecular complexity index is 864. The molecule has 2 aromatic carbocycles. The maximum Gasteiger partial charge on any atom is 0.119 e. The Kier molecular flexibility index (Phi) is 6.31. The molecule has 2 atom stereocenters. The fourth-order valence-electron chi connectivity index (χ4n) is 5.66. The van der Waals surface area contributed by atoms with E-state index in [9.17, 15) is 0 Å². The molecule has 4 heteroatoms. The van der Waals surface area contributed by atoms with E-state index in [1.54, 1.807) is 0 Å². The van der Waals surface area contributed by atoms with Crippen LogP contribution in [0, 0.1) is 0 Å². The van der Waals surface area contributed by atoms with Crippen molar-refractivity contribution in [2.24, 2.45) is 0 Å². The van der Waals surface area contributed by atoms with Gasteiger partial charge in [-0.15, -0.1) is 0 Å². The van der Waals surface area contributed by atoms with Crippen molar-refractivity contribution in [3.05, 3.63) is 64.2 Å². The van der Waals surface area contributed by atoms with E-state index in [1.165, 1.54) is 68.4 Å². The Balaban J connectivity index is 1.31. The summed E-state index contributed by atoms with van der Waals surface area (Å²) in [5.74, 6) is 1.37. The molecule has 0 bridgehead atoms. The minimum atomic E-state index is 0.344. The number of nitrogens with zero attached hydrogens (tertiary/aromatic N) is 2. The molecular weight excluding hydrogens is 392 g/mol. The minimum absolute atomic E-state index is 0.344. The number of hydrogen-bond donors (Lipinski definition) is 0. The van der Waals surface area contributed by atoms with Crippen molar-refractivity contribution in [3.63, 3.8) is 0 Å². The van der Waals surface area contributed by atoms with E-state index in [0.717, 1.165) is 36.9 Å². The van der Waals surface area contributed by atoms with Gasteiger partial charge < -0.3 is 9.64 Å². The van der Waals surface area contributed by atoms with Crippen molar-refractivity contribution < 1.29 is 4.74 Å². The van der Waals surface area contributed by atoms with Crippen molar-refractivity contribution in [3.8, 4) is 5.75 Å². The van der Waals surface area contributed by atoms with Crippen LogP contribution < -0.4 is 4.74 Å². The first kappa shape index (κ1) is 20.4. The second kappa shape index (κ2) is 9.30. The maximum absolute atomic E-state index is 6.60. The topological polar surface area (TPSA) is 15.7 Å². The van der Waals surface area contributed by atoms with Gasteiger partial charge >= 0.3 is 0 Å². The molecule has 2 saturated heterocycles. The van der Waals surface area contributed by atoms with Gasteiger partial charge in [-0.1, -0.05) is 42.3 Å². The third-order valence-corrected chi connectivity index (χ3v) is 7.53. The number of rotatable bonds is 6. The number of piperidine rings is 1. The first-order valence-electron chi connectivity index (χ1n) is 11.8. The lowest BCUT2D eigenvalue weighted by molar-refractivity contribution is 0.204. The Morgan fingerprint density at radius 2 is 1.77 bits per heavy atom. The van der Waals surface area contributed by atoms with Crippen molar-refractivity contribution in [2.75, 3.05) is 39.3 Å². The van der Waals surface area contributed by atoms with Crippen molar-refractivity contribution in [2.45, 2.75) is 50.5 Å². The van der Waals surface area contributed by atoms with Crippen LogP contribution in [0.4, 0.5) is 0 Å². The number of likely N-dealkylation sites (tertiary alicyclic amines) is 1. The zero-order valence-electron chi connectivity index (χ0n) is 17.9. The molecule has 0 aromatic heterocycles. The molecule has 2 aromatic rings. The van der Waals surface area contributed by atoms with E-state index in [1.807, 2.05) is 12.1 Å². The van der Waals surface area contributed by atoms with Gasteiger partial charge in [-0.25, -0.2) is 0 Å². The van der Waals surface area contributed by atoms with Crippen molar-refractivity contribution in [1.29, 1.82) is 0 Å². The van der Waals surface area contributed by atoms with Crippen LogP contribution in [0.1, 0.15) is 67.2 Å². The highest BCUT2D eigenvalue weighted by molar-refractivity contribution is 6.31. The van der Waals surface area contributed by atoms with Crippen LogP contribution in [0.5, 0.6) is 5.75 Å². The Morgan fingerprint density at radius 1 is 0.900 bits per heavy atom. The summed E-state index contributed by atoms with van der Waals surface area (Å²) in [5, 5.41) is 0.879. The molecule has 3 heterocycles. The third-order valence-electron chi connectivity index (χ3n) is 7.19. The second-order valence-electron chi connectivity index (χ2n) is 9.12. The summed E-state index contributed by atoms with van der Waals surface area (Å²) in [6.45, 7) is 6.75. The number of hydrogen-bond acceptors (Lipinski definition) is 3. The van der Waals surface area contributed by atoms with Gasteiger partial charge in [0, 0.05) is 30.1 Å². The van der Waals surface area contributed by atoms with E-state index in [-0.39, 0.29) is 0 Å². The summed E-state index contributed by atoms with van der Waals surface area (Å²) < 4.78 is 6.21. The first-order valence-corrected chi connectivity index (χ1v) is 12.1. The molecule has 0 unspecified atom stereocenters. The van der Waals surface area contributed by atoms with Gasteiger partial charge in [-0.2, -0.15) is 0 Å². The number of fused-ring (bicyclic) bond motifs is 3. The SMILES string of the molecule is Clc1ccccc1[C@@H]1CN2CCC[C@H]2c2cc(OCCCN3CCCCC3)ccc21. The molecular formula is C26H33ClN2O. The summed E-state index contributed by atoms with van der Waals surface area (Å²) in [6.07, 6.45) is 7.75. The smallest absolute Gasteiger partial charge is 0.119 e. The van der Waals surface area contributed by atoms with E-state index >= 15 is 0 Å². The Morgan fingerprint density at radius 3 is 2.63 bits per heavy atom. The lowest BCUT2D eigenvalue weighted by atomic mass is 9.81. The van der Waals surface area contributed by atoms with Crippen LogP contribution in [0.25, 0.3) is 0 Å². The average Bonchev–Trinajstić information content (AvgIpc) is 3.26. The van der Waals surface area contributed by atoms with E-state index < -0.39 is 0 Å². The summed E-state index contributed by atoms with van der Waals surface area (Å²) in [7, 11) is 0. The zero-order valence-corrected chi connectivity index (χ0v) is 18.6. The zero-order chi connectivity index (χ0) is 20.3. The molecule has 0 N–H and O–H groups in total. The predicted octanol–water partition coefficient (Wildman–Crippen LogP) is 5.88. The molecule has 0 aliphatic carbocycles. The molecule has 0 saturated carbocycles. The molecule has 3 nitrogen and oxygen atoms in total. The van der Waals surface area contributed by atoms with Gasteiger partial charge in [-0.3, -0.25) is 4.90 Å². The van der Waals surface area contributed by atoms with Crippen molar-refractivity contribution >= 4 is 11.6 Å². The summed E-state index contributed by atoms with van der Waals surface area (Å²) in [6, 6.07) is 15.7. The highest BCUT2D eigenvalue weighted by Gasteiger charge is 2.37. The van der Waals surface area contributed by atoms with Crippen molar-refractivity contribution in [1.82, 2.24) is 9.80 Å². The summed E-state index contributed by atoms with van der Waals surface area (Å²) in [5.41, 5.74) is 4.14. The summed E-state index contributed by atoms with van der Waals surface area (Å²) in [4.78, 5) is 5.24. The molecule has 0 spiro atoms. The van der Waals surface area contributed by atoms with Crippen LogP contribution >= 0.6 is 11.6 Å². The van der Waals surface area contributed by atoms with Gasteiger partial charge in [0.15, 0.2) is 0 Å². The lowest BCUT2D eigenvalue weighted by Gasteiger charge is -2.38. The van der Waals surface area contributed by atoms with Crippen LogP contribution in [-0.2, 0) is 0 Å². The quantitative estimate of drug-likeness (QED) is 0.538. The van der Waals surface area contributed by atoms with Gasteiger partial charge in [0.2, 0.25) is 0 Å². The molecule has 5 rings (SSSR count). The normalized spacial score (nSPS) is 24.4. The molecule has 160 valence electrons. The third kappa shape index (κ3) is 4.26. The highest BCUT2D eigenvalue weighted by Crippen LogP contribution is 2.46. The van der Waals surface area contributed by atoms with Gasteiger partial charge in [0.05, 0.1) is 6.61 Å². The highest BCUT2D eigenvalue weighted by atomic mass is 35.5. The van der Waals surface area contributed by atoms with Crippen LogP contribution in [0.15, 0.2) is 42.5 Å². The first-order chi connectivity index (χ1) is 14.8. The van der Waals surface area contributed by atoms with E-state index in [0.29, 0.717) is 12.0 Å². The molecule has 3 aliphatic rings. The largest absolute Gasteiger partial charge is 0.494 e. The molecule has 2 fully saturated rings. The van der Waals surface area contributed by atoms with Gasteiger partial charge in [0.1, 0.15) is 5.75 Å². The standard InChI is InChI=1S/C26H33ClN2O/c27-25-9-3-2-8-22(25)24-19-29-16-6-10-26(29)23-18-20(11-12-21(23)24)30-17-7-15-28-13-4-1-5-14-28/h2-3,8-9,11-12,18,24,26H,1,4-7,10,13-17,19H2/t24-,26+/m1/s1. The van der Waals surface area contributed by atoms with Crippen LogP contribution in [0.3, 0.4) is 0 Å². The van der Waals surface area contributed by atoms with Gasteiger partial charge in [0.25, 0.3) is 0 Å². The minimum Gasteiger partial charge on any atom is -0.494 e. The average molecular weight is 425 g/mol. The van der Waals surface area contributed by atoms with Crippen LogP contribution in [0.2, 0.25) is 5.02 Å². The monoisotopic (exact) mass is 424 g/mol. The van der Waals surface area contributed by atoms with E-state index in [4.69, 9.17) is 16.3 Å². The summed E-state index contributed by atoms with van der Waals surface area (Å²) >= 11 is 6.60.